The third-order valence-corrected chi connectivity index (χ3v) is 1.45. The number of anilines is 2. The molecule has 62 valence electrons. The summed E-state index contributed by atoms with van der Waals surface area (Å²) in [6, 6.07) is 0. The molecule has 1 aromatic rings. The summed E-state index contributed by atoms with van der Waals surface area (Å²) in [4.78, 5) is 7.11. The van der Waals surface area contributed by atoms with Crippen molar-refractivity contribution in [2.24, 2.45) is 0 Å². The second-order valence-electron chi connectivity index (χ2n) is 1.58. The Morgan fingerprint density at radius 1 is 1.00 bits per heavy atom. The predicted molar refractivity (Wildman–Crippen MR) is 48.1 cm³/mol. The number of hydrogen-bond donors (Lipinski definition) is 2. The first-order valence-corrected chi connectivity index (χ1v) is 3.11. The Labute approximate surface area is 79.3 Å². The van der Waals surface area contributed by atoms with E-state index in [9.17, 15) is 0 Å². The van der Waals surface area contributed by atoms with Crippen LogP contribution < -0.4 is 11.5 Å². The van der Waals surface area contributed by atoms with E-state index in [0.29, 0.717) is 0 Å². The third-order valence-electron chi connectivity index (χ3n) is 0.870. The first-order valence-electron chi connectivity index (χ1n) is 2.35. The van der Waals surface area contributed by atoms with E-state index in [1.165, 1.54) is 0 Å². The van der Waals surface area contributed by atoms with E-state index in [4.69, 9.17) is 34.7 Å². The molecule has 0 aliphatic rings. The van der Waals surface area contributed by atoms with Gasteiger partial charge in [-0.1, -0.05) is 23.2 Å². The van der Waals surface area contributed by atoms with E-state index in [-0.39, 0.29) is 34.3 Å². The summed E-state index contributed by atoms with van der Waals surface area (Å²) in [5.41, 5.74) is 10.6. The highest BCUT2D eigenvalue weighted by atomic mass is 35.5. The molecule has 0 unspecified atom stereocenters. The fourth-order valence-corrected chi connectivity index (χ4v) is 0.832. The van der Waals surface area contributed by atoms with E-state index in [0.717, 1.165) is 0 Å². The van der Waals surface area contributed by atoms with Crippen LogP contribution in [0, 0.1) is 0 Å². The molecule has 4 nitrogen and oxygen atoms in total. The van der Waals surface area contributed by atoms with E-state index >= 15 is 0 Å². The van der Waals surface area contributed by atoms with Gasteiger partial charge in [0.2, 0.25) is 5.95 Å². The van der Waals surface area contributed by atoms with Crippen LogP contribution >= 0.6 is 35.6 Å². The minimum Gasteiger partial charge on any atom is -0.394 e. The Morgan fingerprint density at radius 3 is 1.73 bits per heavy atom. The molecule has 0 saturated heterocycles. The fourth-order valence-electron chi connectivity index (χ4n) is 0.432. The maximum Gasteiger partial charge on any atom is 0.223 e. The summed E-state index contributed by atoms with van der Waals surface area (Å²) in [6.45, 7) is 0. The molecule has 0 fully saturated rings. The number of rotatable bonds is 0. The van der Waals surface area contributed by atoms with Gasteiger partial charge in [0, 0.05) is 0 Å². The first-order chi connectivity index (χ1) is 4.61. The molecular weight excluding hydrogens is 210 g/mol. The average Bonchev–Trinajstić information content (AvgIpc) is 1.82. The standard InChI is InChI=1S/C4H4Cl2N4.ClH/c5-2-1(7)3(6)10-4(8)9-2;/h7H2,(H2,8,9,10);1H. The van der Waals surface area contributed by atoms with Crippen LogP contribution in [0.15, 0.2) is 0 Å². The van der Waals surface area contributed by atoms with Crippen molar-refractivity contribution in [1.82, 2.24) is 9.97 Å². The molecule has 0 atom stereocenters. The molecule has 0 aromatic carbocycles. The summed E-state index contributed by atoms with van der Waals surface area (Å²) < 4.78 is 0. The van der Waals surface area contributed by atoms with Crippen molar-refractivity contribution < 1.29 is 0 Å². The lowest BCUT2D eigenvalue weighted by Gasteiger charge is -1.98. The SMILES string of the molecule is Cl.Nc1nc(Cl)c(N)c(Cl)n1. The molecule has 7 heteroatoms. The zero-order valence-corrected chi connectivity index (χ0v) is 7.54. The van der Waals surface area contributed by atoms with Crippen LogP contribution in [0.1, 0.15) is 0 Å². The van der Waals surface area contributed by atoms with Crippen molar-refractivity contribution in [2.45, 2.75) is 0 Å². The van der Waals surface area contributed by atoms with Gasteiger partial charge in [-0.25, -0.2) is 0 Å². The minimum absolute atomic E-state index is 0. The van der Waals surface area contributed by atoms with Crippen molar-refractivity contribution in [1.29, 1.82) is 0 Å². The molecule has 11 heavy (non-hydrogen) atoms. The van der Waals surface area contributed by atoms with Gasteiger partial charge < -0.3 is 11.5 Å². The van der Waals surface area contributed by atoms with Crippen molar-refractivity contribution in [3.8, 4) is 0 Å². The molecule has 0 spiro atoms. The van der Waals surface area contributed by atoms with Crippen LogP contribution in [0.2, 0.25) is 10.3 Å². The van der Waals surface area contributed by atoms with Gasteiger partial charge in [-0.15, -0.1) is 12.4 Å². The number of nitrogens with two attached hydrogens (primary N) is 2. The number of nitrogens with zero attached hydrogens (tertiary/aromatic N) is 2. The van der Waals surface area contributed by atoms with E-state index < -0.39 is 0 Å². The van der Waals surface area contributed by atoms with Crippen molar-refractivity contribution in [2.75, 3.05) is 11.5 Å². The molecule has 0 radical (unpaired) electrons. The average molecular weight is 215 g/mol. The monoisotopic (exact) mass is 214 g/mol. The molecule has 0 bridgehead atoms. The molecule has 4 N–H and O–H groups in total. The van der Waals surface area contributed by atoms with Crippen LogP contribution in [0.25, 0.3) is 0 Å². The molecule has 0 aliphatic carbocycles. The smallest absolute Gasteiger partial charge is 0.223 e. The Hall–Kier alpha value is -0.450. The fraction of sp³-hybridized carbons (Fsp3) is 0. The highest BCUT2D eigenvalue weighted by molar-refractivity contribution is 6.37. The summed E-state index contributed by atoms with van der Waals surface area (Å²) in [5.74, 6) is 0.0178. The van der Waals surface area contributed by atoms with Gasteiger partial charge in [-0.05, 0) is 0 Å². The van der Waals surface area contributed by atoms with Crippen LogP contribution in [0.4, 0.5) is 11.6 Å². The van der Waals surface area contributed by atoms with Gasteiger partial charge in [-0.2, -0.15) is 9.97 Å². The Balaban J connectivity index is 0.000001000. The molecule has 1 aromatic heterocycles. The van der Waals surface area contributed by atoms with Crippen molar-refractivity contribution in [3.05, 3.63) is 10.3 Å². The third kappa shape index (κ3) is 2.25. The summed E-state index contributed by atoms with van der Waals surface area (Å²) in [6.07, 6.45) is 0. The Morgan fingerprint density at radius 2 is 1.36 bits per heavy atom. The molecule has 1 rings (SSSR count). The van der Waals surface area contributed by atoms with Gasteiger partial charge in [0.1, 0.15) is 5.69 Å². The number of halogens is 3. The molecule has 0 amide bonds. The maximum atomic E-state index is 5.48. The van der Waals surface area contributed by atoms with Gasteiger partial charge >= 0.3 is 0 Å². The van der Waals surface area contributed by atoms with Gasteiger partial charge in [0.05, 0.1) is 0 Å². The molecule has 1 heterocycles. The summed E-state index contributed by atoms with van der Waals surface area (Å²) >= 11 is 11.0. The second kappa shape index (κ2) is 3.80. The largest absolute Gasteiger partial charge is 0.394 e. The summed E-state index contributed by atoms with van der Waals surface area (Å²) in [7, 11) is 0. The van der Waals surface area contributed by atoms with Crippen molar-refractivity contribution in [3.63, 3.8) is 0 Å². The number of aromatic nitrogens is 2. The Bertz CT molecular complexity index is 241. The molecular formula is C4H5Cl3N4. The normalized spacial score (nSPS) is 8.91. The molecule has 0 saturated carbocycles. The lowest BCUT2D eigenvalue weighted by atomic mass is 10.5. The maximum absolute atomic E-state index is 5.48. The molecule has 0 aliphatic heterocycles. The predicted octanol–water partition coefficient (Wildman–Crippen LogP) is 1.37. The number of hydrogen-bond acceptors (Lipinski definition) is 4. The topological polar surface area (TPSA) is 77.8 Å². The quantitative estimate of drug-likeness (QED) is 0.641. The lowest BCUT2D eigenvalue weighted by Crippen LogP contribution is -1.99. The zero-order chi connectivity index (χ0) is 7.72. The van der Waals surface area contributed by atoms with Crippen LogP contribution in [0.3, 0.4) is 0 Å². The van der Waals surface area contributed by atoms with Crippen LogP contribution in [-0.2, 0) is 0 Å². The van der Waals surface area contributed by atoms with Crippen LogP contribution in [0.5, 0.6) is 0 Å². The van der Waals surface area contributed by atoms with Crippen LogP contribution in [-0.4, -0.2) is 9.97 Å². The van der Waals surface area contributed by atoms with E-state index in [2.05, 4.69) is 9.97 Å². The second-order valence-corrected chi connectivity index (χ2v) is 2.29. The highest BCUT2D eigenvalue weighted by Gasteiger charge is 2.04. The Kier molecular flexibility index (Phi) is 3.65. The number of nitrogen functional groups attached to an aromatic ring is 2. The lowest BCUT2D eigenvalue weighted by molar-refractivity contribution is 1.19. The van der Waals surface area contributed by atoms with Crippen molar-refractivity contribution >= 4 is 47.2 Å². The first kappa shape index (κ1) is 10.6. The van der Waals surface area contributed by atoms with Gasteiger partial charge in [0.25, 0.3) is 0 Å². The highest BCUT2D eigenvalue weighted by Crippen LogP contribution is 2.23. The zero-order valence-electron chi connectivity index (χ0n) is 5.21. The van der Waals surface area contributed by atoms with Gasteiger partial charge in [0.15, 0.2) is 10.3 Å². The summed E-state index contributed by atoms with van der Waals surface area (Å²) in [5, 5.41) is 0.162. The minimum atomic E-state index is 0. The van der Waals surface area contributed by atoms with E-state index in [1.54, 1.807) is 0 Å². The van der Waals surface area contributed by atoms with E-state index in [1.807, 2.05) is 0 Å². The van der Waals surface area contributed by atoms with Gasteiger partial charge in [-0.3, -0.25) is 0 Å².